The molecular weight excluding hydrogens is 367 g/mol. The Labute approximate surface area is 157 Å². The third kappa shape index (κ3) is 4.51. The minimum Gasteiger partial charge on any atom is -0.325 e. The molecule has 0 radical (unpaired) electrons. The van der Waals surface area contributed by atoms with Crippen molar-refractivity contribution in [2.75, 3.05) is 16.2 Å². The van der Waals surface area contributed by atoms with Crippen molar-refractivity contribution in [1.82, 2.24) is 0 Å². The SMILES string of the molecule is O=C(CN(c1ccccc1)S(=O)(=O)c1ccc(F)cc1)Nc1ccccc1. The number of nitrogens with one attached hydrogen (secondary N) is 1. The predicted octanol–water partition coefficient (Wildman–Crippen LogP) is 3.66. The molecule has 0 saturated carbocycles. The van der Waals surface area contributed by atoms with Gasteiger partial charge in [0, 0.05) is 5.69 Å². The highest BCUT2D eigenvalue weighted by Crippen LogP contribution is 2.23. The van der Waals surface area contributed by atoms with Gasteiger partial charge in [0.05, 0.1) is 10.6 Å². The molecule has 1 amide bonds. The number of carbonyl (C=O) groups is 1. The van der Waals surface area contributed by atoms with Gasteiger partial charge in [0.25, 0.3) is 10.0 Å². The van der Waals surface area contributed by atoms with E-state index >= 15 is 0 Å². The summed E-state index contributed by atoms with van der Waals surface area (Å²) in [4.78, 5) is 12.4. The summed E-state index contributed by atoms with van der Waals surface area (Å²) in [5, 5.41) is 2.67. The molecule has 7 heteroatoms. The molecule has 0 aliphatic rings. The number of sulfonamides is 1. The second kappa shape index (κ2) is 8.01. The van der Waals surface area contributed by atoms with E-state index in [9.17, 15) is 17.6 Å². The molecule has 27 heavy (non-hydrogen) atoms. The second-order valence-electron chi connectivity index (χ2n) is 5.72. The van der Waals surface area contributed by atoms with Crippen molar-refractivity contribution in [1.29, 1.82) is 0 Å². The summed E-state index contributed by atoms with van der Waals surface area (Å²) in [5.74, 6) is -1.03. The van der Waals surface area contributed by atoms with E-state index in [2.05, 4.69) is 5.32 Å². The first-order chi connectivity index (χ1) is 13.0. The van der Waals surface area contributed by atoms with Crippen LogP contribution in [-0.4, -0.2) is 20.9 Å². The van der Waals surface area contributed by atoms with Crippen LogP contribution in [0.2, 0.25) is 0 Å². The van der Waals surface area contributed by atoms with Crippen LogP contribution in [-0.2, 0) is 14.8 Å². The molecule has 3 rings (SSSR count). The Bertz CT molecular complexity index is 1010. The molecule has 0 saturated heterocycles. The van der Waals surface area contributed by atoms with Gasteiger partial charge in [-0.25, -0.2) is 12.8 Å². The van der Waals surface area contributed by atoms with Gasteiger partial charge in [-0.05, 0) is 48.5 Å². The van der Waals surface area contributed by atoms with Crippen LogP contribution in [0.15, 0.2) is 89.8 Å². The molecule has 3 aromatic rings. The largest absolute Gasteiger partial charge is 0.325 e. The second-order valence-corrected chi connectivity index (χ2v) is 7.58. The van der Waals surface area contributed by atoms with Crippen molar-refractivity contribution in [3.63, 3.8) is 0 Å². The van der Waals surface area contributed by atoms with E-state index < -0.39 is 28.3 Å². The molecule has 0 spiro atoms. The Morgan fingerprint density at radius 2 is 1.41 bits per heavy atom. The Balaban J connectivity index is 1.92. The van der Waals surface area contributed by atoms with Gasteiger partial charge in [-0.1, -0.05) is 36.4 Å². The number of anilines is 2. The van der Waals surface area contributed by atoms with Gasteiger partial charge in [0.1, 0.15) is 12.4 Å². The zero-order valence-corrected chi connectivity index (χ0v) is 15.1. The van der Waals surface area contributed by atoms with Crippen LogP contribution in [0.25, 0.3) is 0 Å². The molecule has 1 N–H and O–H groups in total. The van der Waals surface area contributed by atoms with E-state index in [-0.39, 0.29) is 4.90 Å². The molecule has 0 bridgehead atoms. The van der Waals surface area contributed by atoms with Crippen molar-refractivity contribution in [3.8, 4) is 0 Å². The number of halogens is 1. The highest BCUT2D eigenvalue weighted by Gasteiger charge is 2.27. The average Bonchev–Trinajstić information content (AvgIpc) is 2.68. The minimum atomic E-state index is -4.05. The summed E-state index contributed by atoms with van der Waals surface area (Å²) in [6.45, 7) is -0.418. The first-order valence-electron chi connectivity index (χ1n) is 8.15. The molecule has 0 unspecified atom stereocenters. The van der Waals surface area contributed by atoms with E-state index in [1.165, 1.54) is 12.1 Å². The van der Waals surface area contributed by atoms with E-state index in [0.29, 0.717) is 11.4 Å². The summed E-state index contributed by atoms with van der Waals surface area (Å²) < 4.78 is 40.3. The van der Waals surface area contributed by atoms with E-state index in [1.54, 1.807) is 54.6 Å². The third-order valence-electron chi connectivity index (χ3n) is 3.79. The first kappa shape index (κ1) is 18.6. The molecule has 3 aromatic carbocycles. The van der Waals surface area contributed by atoms with Crippen molar-refractivity contribution < 1.29 is 17.6 Å². The fourth-order valence-electron chi connectivity index (χ4n) is 2.50. The van der Waals surface area contributed by atoms with Crippen LogP contribution in [0.3, 0.4) is 0 Å². The molecule has 0 atom stereocenters. The number of hydrogen-bond donors (Lipinski definition) is 1. The van der Waals surface area contributed by atoms with Gasteiger partial charge in [-0.15, -0.1) is 0 Å². The first-order valence-corrected chi connectivity index (χ1v) is 9.59. The third-order valence-corrected chi connectivity index (χ3v) is 5.58. The van der Waals surface area contributed by atoms with Crippen LogP contribution in [0, 0.1) is 5.82 Å². The van der Waals surface area contributed by atoms with Crippen LogP contribution in [0.5, 0.6) is 0 Å². The lowest BCUT2D eigenvalue weighted by Crippen LogP contribution is -2.38. The molecule has 0 aromatic heterocycles. The maximum absolute atomic E-state index is 13.2. The van der Waals surface area contributed by atoms with E-state index in [0.717, 1.165) is 16.4 Å². The number of benzene rings is 3. The lowest BCUT2D eigenvalue weighted by molar-refractivity contribution is -0.114. The van der Waals surface area contributed by atoms with Gasteiger partial charge >= 0.3 is 0 Å². The highest BCUT2D eigenvalue weighted by molar-refractivity contribution is 7.92. The zero-order chi connectivity index (χ0) is 19.3. The van der Waals surface area contributed by atoms with Crippen LogP contribution in [0.1, 0.15) is 0 Å². The lowest BCUT2D eigenvalue weighted by Gasteiger charge is -2.24. The quantitative estimate of drug-likeness (QED) is 0.705. The summed E-state index contributed by atoms with van der Waals surface area (Å²) in [6, 6.07) is 21.5. The predicted molar refractivity (Wildman–Crippen MR) is 102 cm³/mol. The van der Waals surface area contributed by atoms with Gasteiger partial charge in [-0.2, -0.15) is 0 Å². The summed E-state index contributed by atoms with van der Waals surface area (Å²) in [5.41, 5.74) is 0.903. The van der Waals surface area contributed by atoms with Crippen molar-refractivity contribution in [2.45, 2.75) is 4.90 Å². The van der Waals surface area contributed by atoms with Crippen LogP contribution in [0.4, 0.5) is 15.8 Å². The maximum atomic E-state index is 13.2. The average molecular weight is 384 g/mol. The molecule has 5 nitrogen and oxygen atoms in total. The van der Waals surface area contributed by atoms with Crippen LogP contribution >= 0.6 is 0 Å². The normalized spacial score (nSPS) is 11.0. The number of para-hydroxylation sites is 2. The highest BCUT2D eigenvalue weighted by atomic mass is 32.2. The van der Waals surface area contributed by atoms with Gasteiger partial charge < -0.3 is 5.32 Å². The van der Waals surface area contributed by atoms with Gasteiger partial charge in [-0.3, -0.25) is 9.10 Å². The molecule has 0 aliphatic carbocycles. The Morgan fingerprint density at radius 1 is 0.852 bits per heavy atom. The van der Waals surface area contributed by atoms with Crippen molar-refractivity contribution in [2.24, 2.45) is 0 Å². The molecule has 0 fully saturated rings. The summed E-state index contributed by atoms with van der Waals surface area (Å²) >= 11 is 0. The van der Waals surface area contributed by atoms with Gasteiger partial charge in [0.15, 0.2) is 0 Å². The summed E-state index contributed by atoms with van der Waals surface area (Å²) in [7, 11) is -4.05. The number of amides is 1. The molecule has 138 valence electrons. The number of rotatable bonds is 6. The van der Waals surface area contributed by atoms with Crippen LogP contribution < -0.4 is 9.62 Å². The Morgan fingerprint density at radius 3 is 2.00 bits per heavy atom. The van der Waals surface area contributed by atoms with E-state index in [4.69, 9.17) is 0 Å². The smallest absolute Gasteiger partial charge is 0.264 e. The number of nitrogens with zero attached hydrogens (tertiary/aromatic N) is 1. The lowest BCUT2D eigenvalue weighted by atomic mass is 10.3. The standard InChI is InChI=1S/C20H17FN2O3S/c21-16-11-13-19(14-12-16)27(25,26)23(18-9-5-2-6-10-18)15-20(24)22-17-7-3-1-4-8-17/h1-14H,15H2,(H,22,24). The number of carbonyl (C=O) groups excluding carboxylic acids is 1. The van der Waals surface area contributed by atoms with Crippen molar-refractivity contribution >= 4 is 27.3 Å². The fraction of sp³-hybridized carbons (Fsp3) is 0.0500. The topological polar surface area (TPSA) is 66.5 Å². The fourth-order valence-corrected chi connectivity index (χ4v) is 3.92. The molecule has 0 heterocycles. The Hall–Kier alpha value is -3.19. The maximum Gasteiger partial charge on any atom is 0.264 e. The minimum absolute atomic E-state index is 0.0970. The monoisotopic (exact) mass is 384 g/mol. The summed E-state index contributed by atoms with van der Waals surface area (Å²) in [6.07, 6.45) is 0. The zero-order valence-electron chi connectivity index (χ0n) is 14.2. The molecular formula is C20H17FN2O3S. The van der Waals surface area contributed by atoms with Crippen molar-refractivity contribution in [3.05, 3.63) is 90.7 Å². The Kier molecular flexibility index (Phi) is 5.52. The van der Waals surface area contributed by atoms with E-state index in [1.807, 2.05) is 6.07 Å². The number of hydrogen-bond acceptors (Lipinski definition) is 3. The van der Waals surface area contributed by atoms with Gasteiger partial charge in [0.2, 0.25) is 5.91 Å². The molecule has 0 aliphatic heterocycles.